The third-order valence-electron chi connectivity index (χ3n) is 4.88. The van der Waals surface area contributed by atoms with E-state index >= 15 is 0 Å². The summed E-state index contributed by atoms with van der Waals surface area (Å²) in [4.78, 5) is 35.1. The molecule has 1 N–H and O–H groups in total. The summed E-state index contributed by atoms with van der Waals surface area (Å²) in [6.07, 6.45) is 3.75. The van der Waals surface area contributed by atoms with Gasteiger partial charge in [-0.05, 0) is 17.7 Å². The van der Waals surface area contributed by atoms with Gasteiger partial charge in [0.15, 0.2) is 0 Å². The SMILES string of the molecule is Cn1c(NC2CN(C(=O)Cc3ccccc3)C2)nc(-c2ccncc2)cc1=O. The molecule has 0 spiro atoms. The fourth-order valence-electron chi connectivity index (χ4n) is 3.18. The maximum Gasteiger partial charge on any atom is 0.255 e. The molecule has 2 aromatic heterocycles. The van der Waals surface area contributed by atoms with Crippen molar-refractivity contribution in [3.63, 3.8) is 0 Å². The molecule has 0 atom stereocenters. The summed E-state index contributed by atoms with van der Waals surface area (Å²) < 4.78 is 1.49. The number of amides is 1. The van der Waals surface area contributed by atoms with Crippen molar-refractivity contribution in [3.8, 4) is 11.3 Å². The van der Waals surface area contributed by atoms with E-state index in [-0.39, 0.29) is 17.5 Å². The molecule has 28 heavy (non-hydrogen) atoms. The van der Waals surface area contributed by atoms with Gasteiger partial charge >= 0.3 is 0 Å². The minimum Gasteiger partial charge on any atom is -0.349 e. The van der Waals surface area contributed by atoms with Gasteiger partial charge in [-0.15, -0.1) is 0 Å². The summed E-state index contributed by atoms with van der Waals surface area (Å²) in [6, 6.07) is 14.9. The van der Waals surface area contributed by atoms with Gasteiger partial charge in [-0.2, -0.15) is 0 Å². The number of pyridine rings is 1. The minimum absolute atomic E-state index is 0.0745. The number of likely N-dealkylation sites (tertiary alicyclic amines) is 1. The van der Waals surface area contributed by atoms with Crippen LogP contribution in [0.3, 0.4) is 0 Å². The van der Waals surface area contributed by atoms with E-state index in [4.69, 9.17) is 0 Å². The predicted octanol–water partition coefficient (Wildman–Crippen LogP) is 1.71. The van der Waals surface area contributed by atoms with Crippen molar-refractivity contribution in [1.82, 2.24) is 19.4 Å². The minimum atomic E-state index is -0.138. The molecular formula is C21H21N5O2. The van der Waals surface area contributed by atoms with E-state index in [9.17, 15) is 9.59 Å². The number of carbonyl (C=O) groups is 1. The van der Waals surface area contributed by atoms with Gasteiger partial charge in [0, 0.05) is 44.2 Å². The fourth-order valence-corrected chi connectivity index (χ4v) is 3.18. The lowest BCUT2D eigenvalue weighted by Crippen LogP contribution is -2.57. The molecular weight excluding hydrogens is 354 g/mol. The van der Waals surface area contributed by atoms with Gasteiger partial charge in [-0.25, -0.2) is 4.98 Å². The van der Waals surface area contributed by atoms with E-state index in [0.29, 0.717) is 31.2 Å². The molecule has 0 bridgehead atoms. The normalized spacial score (nSPS) is 13.8. The van der Waals surface area contributed by atoms with E-state index in [1.54, 1.807) is 19.4 Å². The number of aromatic nitrogens is 3. The maximum absolute atomic E-state index is 12.4. The van der Waals surface area contributed by atoms with Gasteiger partial charge in [0.1, 0.15) is 0 Å². The van der Waals surface area contributed by atoms with Crippen LogP contribution < -0.4 is 10.9 Å². The molecule has 7 nitrogen and oxygen atoms in total. The Bertz CT molecular complexity index is 1030. The van der Waals surface area contributed by atoms with E-state index in [2.05, 4.69) is 15.3 Å². The van der Waals surface area contributed by atoms with Crippen LogP contribution >= 0.6 is 0 Å². The molecule has 1 aliphatic heterocycles. The predicted molar refractivity (Wildman–Crippen MR) is 107 cm³/mol. The lowest BCUT2D eigenvalue weighted by molar-refractivity contribution is -0.134. The zero-order valence-electron chi connectivity index (χ0n) is 15.6. The number of rotatable bonds is 5. The smallest absolute Gasteiger partial charge is 0.255 e. The molecule has 3 heterocycles. The third kappa shape index (κ3) is 3.78. The molecule has 3 aromatic rings. The maximum atomic E-state index is 12.4. The Hall–Kier alpha value is -3.48. The average Bonchev–Trinajstić information content (AvgIpc) is 2.68. The summed E-state index contributed by atoms with van der Waals surface area (Å²) >= 11 is 0. The zero-order chi connectivity index (χ0) is 19.5. The van der Waals surface area contributed by atoms with Crippen LogP contribution in [0.2, 0.25) is 0 Å². The Morgan fingerprint density at radius 2 is 1.86 bits per heavy atom. The van der Waals surface area contributed by atoms with Crippen molar-refractivity contribution in [3.05, 3.63) is 76.8 Å². The second-order valence-corrected chi connectivity index (χ2v) is 6.90. The largest absolute Gasteiger partial charge is 0.349 e. The highest BCUT2D eigenvalue weighted by atomic mass is 16.2. The van der Waals surface area contributed by atoms with E-state index < -0.39 is 0 Å². The van der Waals surface area contributed by atoms with Crippen molar-refractivity contribution in [2.24, 2.45) is 7.05 Å². The summed E-state index contributed by atoms with van der Waals surface area (Å²) in [5.41, 5.74) is 2.31. The standard InChI is InChI=1S/C21H21N5O2/c1-25-19(27)12-18(16-7-9-22-10-8-16)24-21(25)23-17-13-26(14-17)20(28)11-15-5-3-2-4-6-15/h2-10,12,17H,11,13-14H2,1H3,(H,23,24). The van der Waals surface area contributed by atoms with Gasteiger partial charge in [-0.1, -0.05) is 30.3 Å². The summed E-state index contributed by atoms with van der Waals surface area (Å²) in [5.74, 6) is 0.608. The van der Waals surface area contributed by atoms with Crippen LogP contribution in [0.1, 0.15) is 5.56 Å². The molecule has 1 saturated heterocycles. The van der Waals surface area contributed by atoms with Crippen LogP contribution in [-0.4, -0.2) is 44.5 Å². The van der Waals surface area contributed by atoms with Crippen molar-refractivity contribution in [2.75, 3.05) is 18.4 Å². The first-order chi connectivity index (χ1) is 13.6. The molecule has 0 radical (unpaired) electrons. The highest BCUT2D eigenvalue weighted by molar-refractivity contribution is 5.79. The molecule has 0 unspecified atom stereocenters. The Labute approximate surface area is 162 Å². The fraction of sp³-hybridized carbons (Fsp3) is 0.238. The molecule has 0 aliphatic carbocycles. The second-order valence-electron chi connectivity index (χ2n) is 6.90. The summed E-state index contributed by atoms with van der Waals surface area (Å²) in [7, 11) is 1.69. The van der Waals surface area contributed by atoms with Crippen molar-refractivity contribution >= 4 is 11.9 Å². The third-order valence-corrected chi connectivity index (χ3v) is 4.88. The molecule has 1 fully saturated rings. The highest BCUT2D eigenvalue weighted by Gasteiger charge is 2.31. The van der Waals surface area contributed by atoms with Gasteiger partial charge < -0.3 is 10.2 Å². The van der Waals surface area contributed by atoms with E-state index in [1.807, 2.05) is 47.4 Å². The van der Waals surface area contributed by atoms with E-state index in [1.165, 1.54) is 10.6 Å². The number of hydrogen-bond acceptors (Lipinski definition) is 5. The molecule has 142 valence electrons. The van der Waals surface area contributed by atoms with E-state index in [0.717, 1.165) is 11.1 Å². The summed E-state index contributed by atoms with van der Waals surface area (Å²) in [6.45, 7) is 1.20. The van der Waals surface area contributed by atoms with Gasteiger partial charge in [-0.3, -0.25) is 19.1 Å². The Balaban J connectivity index is 1.41. The summed E-state index contributed by atoms with van der Waals surface area (Å²) in [5, 5.41) is 3.29. The Morgan fingerprint density at radius 1 is 1.14 bits per heavy atom. The first-order valence-electron chi connectivity index (χ1n) is 9.17. The molecule has 7 heteroatoms. The van der Waals surface area contributed by atoms with Crippen molar-refractivity contribution in [1.29, 1.82) is 0 Å². The van der Waals surface area contributed by atoms with Crippen LogP contribution in [0.15, 0.2) is 65.7 Å². The van der Waals surface area contributed by atoms with Crippen LogP contribution in [0, 0.1) is 0 Å². The van der Waals surface area contributed by atoms with Crippen LogP contribution in [0.4, 0.5) is 5.95 Å². The first kappa shape index (κ1) is 17.9. The molecule has 1 amide bonds. The number of hydrogen-bond donors (Lipinski definition) is 1. The molecule has 4 rings (SSSR count). The lowest BCUT2D eigenvalue weighted by Gasteiger charge is -2.40. The van der Waals surface area contributed by atoms with Gasteiger partial charge in [0.2, 0.25) is 11.9 Å². The second kappa shape index (κ2) is 7.64. The zero-order valence-corrected chi connectivity index (χ0v) is 15.6. The topological polar surface area (TPSA) is 80.1 Å². The number of nitrogens with one attached hydrogen (secondary N) is 1. The first-order valence-corrected chi connectivity index (χ1v) is 9.17. The van der Waals surface area contributed by atoms with Gasteiger partial charge in [0.05, 0.1) is 18.2 Å². The van der Waals surface area contributed by atoms with Crippen molar-refractivity contribution in [2.45, 2.75) is 12.5 Å². The van der Waals surface area contributed by atoms with Crippen molar-refractivity contribution < 1.29 is 4.79 Å². The number of nitrogens with zero attached hydrogens (tertiary/aromatic N) is 4. The molecule has 1 aliphatic rings. The lowest BCUT2D eigenvalue weighted by atomic mass is 10.1. The average molecular weight is 375 g/mol. The Morgan fingerprint density at radius 3 is 2.57 bits per heavy atom. The molecule has 0 saturated carbocycles. The van der Waals surface area contributed by atoms with Gasteiger partial charge in [0.25, 0.3) is 5.56 Å². The quantitative estimate of drug-likeness (QED) is 0.734. The number of carbonyl (C=O) groups excluding carboxylic acids is 1. The van der Waals surface area contributed by atoms with Crippen LogP contribution in [-0.2, 0) is 18.3 Å². The van der Waals surface area contributed by atoms with Crippen LogP contribution in [0.25, 0.3) is 11.3 Å². The highest BCUT2D eigenvalue weighted by Crippen LogP contribution is 2.18. The van der Waals surface area contributed by atoms with Crippen LogP contribution in [0.5, 0.6) is 0 Å². The monoisotopic (exact) mass is 375 g/mol. The molecule has 1 aromatic carbocycles. The number of benzene rings is 1. The Kier molecular flexibility index (Phi) is 4.89. The number of anilines is 1.